The zero-order valence-corrected chi connectivity index (χ0v) is 6.69. The maximum absolute atomic E-state index is 5.36. The summed E-state index contributed by atoms with van der Waals surface area (Å²) >= 11 is 0. The highest BCUT2D eigenvalue weighted by Gasteiger charge is 2.20. The number of H-pyrrole nitrogens is 1. The molecule has 5 heteroatoms. The number of hydrogen-bond donors (Lipinski definition) is 1. The van der Waals surface area contributed by atoms with Crippen molar-refractivity contribution in [1.82, 2.24) is 20.2 Å². The van der Waals surface area contributed by atoms with E-state index in [-0.39, 0.29) is 0 Å². The van der Waals surface area contributed by atoms with Gasteiger partial charge in [-0.3, -0.25) is 0 Å². The van der Waals surface area contributed by atoms with Crippen LogP contribution in [0, 0.1) is 0 Å². The number of rotatable bonds is 0. The minimum atomic E-state index is 0.487. The van der Waals surface area contributed by atoms with Gasteiger partial charge in [0.25, 0.3) is 0 Å². The van der Waals surface area contributed by atoms with E-state index in [4.69, 9.17) is 4.74 Å². The van der Waals surface area contributed by atoms with E-state index in [2.05, 4.69) is 20.2 Å². The lowest BCUT2D eigenvalue weighted by molar-refractivity contribution is 0.282. The van der Waals surface area contributed by atoms with Gasteiger partial charge in [0, 0.05) is 0 Å². The molecule has 0 unspecified atom stereocenters. The number of fused-ring (bicyclic) bond motifs is 3. The molecule has 0 atom stereocenters. The lowest BCUT2D eigenvalue weighted by atomic mass is 10.1. The van der Waals surface area contributed by atoms with Crippen LogP contribution in [0.15, 0.2) is 18.6 Å². The van der Waals surface area contributed by atoms with Gasteiger partial charge in [-0.1, -0.05) is 0 Å². The molecular formula is C8H6N4O. The third-order valence-corrected chi connectivity index (χ3v) is 2.01. The molecule has 2 aromatic heterocycles. The van der Waals surface area contributed by atoms with Crippen molar-refractivity contribution in [2.24, 2.45) is 0 Å². The van der Waals surface area contributed by atoms with Gasteiger partial charge in [0.2, 0.25) is 5.88 Å². The van der Waals surface area contributed by atoms with Gasteiger partial charge >= 0.3 is 0 Å². The minimum absolute atomic E-state index is 0.487. The summed E-state index contributed by atoms with van der Waals surface area (Å²) in [5, 5.41) is 7.61. The topological polar surface area (TPSA) is 63.7 Å². The van der Waals surface area contributed by atoms with Gasteiger partial charge in [0.15, 0.2) is 0 Å². The van der Waals surface area contributed by atoms with Gasteiger partial charge in [-0.15, -0.1) is 5.10 Å². The Kier molecular flexibility index (Phi) is 1.16. The SMILES string of the molecule is c1cc2c(nn1)OCc1[nH]cnc1-2. The van der Waals surface area contributed by atoms with Gasteiger partial charge in [0.1, 0.15) is 12.3 Å². The van der Waals surface area contributed by atoms with Crippen LogP contribution < -0.4 is 4.74 Å². The van der Waals surface area contributed by atoms with E-state index < -0.39 is 0 Å². The second-order valence-electron chi connectivity index (χ2n) is 2.77. The molecule has 0 bridgehead atoms. The van der Waals surface area contributed by atoms with Crippen molar-refractivity contribution in [3.05, 3.63) is 24.3 Å². The summed E-state index contributed by atoms with van der Waals surface area (Å²) in [5.41, 5.74) is 2.80. The van der Waals surface area contributed by atoms with Crippen LogP contribution in [0.25, 0.3) is 11.3 Å². The number of imidazole rings is 1. The van der Waals surface area contributed by atoms with Crippen molar-refractivity contribution in [1.29, 1.82) is 0 Å². The van der Waals surface area contributed by atoms with E-state index in [1.54, 1.807) is 12.5 Å². The molecule has 0 amide bonds. The van der Waals surface area contributed by atoms with E-state index in [1.807, 2.05) is 6.07 Å². The summed E-state index contributed by atoms with van der Waals surface area (Å²) in [6.07, 6.45) is 3.29. The third kappa shape index (κ3) is 0.837. The van der Waals surface area contributed by atoms with Gasteiger partial charge in [-0.2, -0.15) is 5.10 Å². The summed E-state index contributed by atoms with van der Waals surface area (Å²) in [6.45, 7) is 0.487. The second kappa shape index (κ2) is 2.29. The predicted octanol–water partition coefficient (Wildman–Crippen LogP) is 0.759. The van der Waals surface area contributed by atoms with Crippen molar-refractivity contribution in [3.8, 4) is 17.1 Å². The zero-order valence-electron chi connectivity index (χ0n) is 6.69. The Balaban J connectivity index is 2.30. The first kappa shape index (κ1) is 6.59. The average Bonchev–Trinajstić information content (AvgIpc) is 2.65. The molecule has 2 aromatic rings. The van der Waals surface area contributed by atoms with Crippen molar-refractivity contribution in [2.75, 3.05) is 0 Å². The van der Waals surface area contributed by atoms with Crippen LogP contribution in [-0.4, -0.2) is 20.2 Å². The Labute approximate surface area is 73.8 Å². The normalized spacial score (nSPS) is 12.9. The molecule has 0 fully saturated rings. The summed E-state index contributed by atoms with van der Waals surface area (Å²) in [7, 11) is 0. The van der Waals surface area contributed by atoms with Crippen LogP contribution in [0.5, 0.6) is 5.88 Å². The Hall–Kier alpha value is -1.91. The van der Waals surface area contributed by atoms with Crippen LogP contribution >= 0.6 is 0 Å². The van der Waals surface area contributed by atoms with Crippen LogP contribution in [0.4, 0.5) is 0 Å². The van der Waals surface area contributed by atoms with Crippen molar-refractivity contribution < 1.29 is 4.74 Å². The van der Waals surface area contributed by atoms with Crippen LogP contribution in [-0.2, 0) is 6.61 Å². The maximum Gasteiger partial charge on any atom is 0.243 e. The number of hydrogen-bond acceptors (Lipinski definition) is 4. The number of aromatic nitrogens is 4. The van der Waals surface area contributed by atoms with Crippen LogP contribution in [0.1, 0.15) is 5.69 Å². The molecule has 0 spiro atoms. The standard InChI is InChI=1S/C8H6N4O/c1-2-11-12-8-5(1)7-6(3-13-8)9-4-10-7/h1-2,4H,3H2,(H,9,10). The first-order chi connectivity index (χ1) is 6.45. The smallest absolute Gasteiger partial charge is 0.243 e. The van der Waals surface area contributed by atoms with E-state index in [0.717, 1.165) is 17.0 Å². The second-order valence-corrected chi connectivity index (χ2v) is 2.77. The molecule has 64 valence electrons. The van der Waals surface area contributed by atoms with Crippen molar-refractivity contribution in [2.45, 2.75) is 6.61 Å². The lowest BCUT2D eigenvalue weighted by Gasteiger charge is -2.13. The highest BCUT2D eigenvalue weighted by atomic mass is 16.5. The van der Waals surface area contributed by atoms with E-state index in [9.17, 15) is 0 Å². The number of nitrogens with one attached hydrogen (secondary N) is 1. The Bertz CT molecular complexity index is 451. The number of aromatic amines is 1. The largest absolute Gasteiger partial charge is 0.470 e. The monoisotopic (exact) mass is 174 g/mol. The molecule has 0 aliphatic carbocycles. The molecule has 0 saturated carbocycles. The molecular weight excluding hydrogens is 168 g/mol. The molecule has 3 rings (SSSR count). The summed E-state index contributed by atoms with van der Waals surface area (Å²) in [4.78, 5) is 7.21. The molecule has 0 saturated heterocycles. The Morgan fingerprint density at radius 3 is 3.46 bits per heavy atom. The van der Waals surface area contributed by atoms with Crippen molar-refractivity contribution in [3.63, 3.8) is 0 Å². The Morgan fingerprint density at radius 1 is 1.46 bits per heavy atom. The fraction of sp³-hybridized carbons (Fsp3) is 0.125. The molecule has 0 aromatic carbocycles. The molecule has 1 aliphatic rings. The summed E-state index contributed by atoms with van der Waals surface area (Å²) in [5.74, 6) is 0.558. The summed E-state index contributed by atoms with van der Waals surface area (Å²) in [6, 6.07) is 1.85. The maximum atomic E-state index is 5.36. The third-order valence-electron chi connectivity index (χ3n) is 2.01. The zero-order chi connectivity index (χ0) is 8.67. The first-order valence-corrected chi connectivity index (χ1v) is 3.92. The first-order valence-electron chi connectivity index (χ1n) is 3.92. The molecule has 5 nitrogen and oxygen atoms in total. The van der Waals surface area contributed by atoms with E-state index in [1.165, 1.54) is 0 Å². The molecule has 1 N–H and O–H groups in total. The van der Waals surface area contributed by atoms with Gasteiger partial charge < -0.3 is 9.72 Å². The predicted molar refractivity (Wildman–Crippen MR) is 43.9 cm³/mol. The summed E-state index contributed by atoms with van der Waals surface area (Å²) < 4.78 is 5.36. The Morgan fingerprint density at radius 2 is 2.46 bits per heavy atom. The fourth-order valence-electron chi connectivity index (χ4n) is 1.41. The fourth-order valence-corrected chi connectivity index (χ4v) is 1.41. The molecule has 3 heterocycles. The molecule has 0 radical (unpaired) electrons. The molecule has 1 aliphatic heterocycles. The van der Waals surface area contributed by atoms with Crippen molar-refractivity contribution >= 4 is 0 Å². The van der Waals surface area contributed by atoms with Gasteiger partial charge in [-0.25, -0.2) is 4.98 Å². The highest BCUT2D eigenvalue weighted by molar-refractivity contribution is 5.67. The quantitative estimate of drug-likeness (QED) is 0.640. The van der Waals surface area contributed by atoms with E-state index >= 15 is 0 Å². The number of ether oxygens (including phenoxy) is 1. The van der Waals surface area contributed by atoms with Crippen LogP contribution in [0.3, 0.4) is 0 Å². The minimum Gasteiger partial charge on any atom is -0.470 e. The number of nitrogens with zero attached hydrogens (tertiary/aromatic N) is 3. The highest BCUT2D eigenvalue weighted by Crippen LogP contribution is 2.32. The van der Waals surface area contributed by atoms with Crippen LogP contribution in [0.2, 0.25) is 0 Å². The van der Waals surface area contributed by atoms with Gasteiger partial charge in [-0.05, 0) is 6.07 Å². The lowest BCUT2D eigenvalue weighted by Crippen LogP contribution is -2.07. The molecule has 13 heavy (non-hydrogen) atoms. The van der Waals surface area contributed by atoms with Gasteiger partial charge in [0.05, 0.1) is 23.8 Å². The van der Waals surface area contributed by atoms with E-state index in [0.29, 0.717) is 12.5 Å². The average molecular weight is 174 g/mol.